The van der Waals surface area contributed by atoms with Crippen LogP contribution in [0.2, 0.25) is 0 Å². The lowest BCUT2D eigenvalue weighted by Crippen LogP contribution is -2.30. The Kier molecular flexibility index (Phi) is 8.07. The van der Waals surface area contributed by atoms with E-state index in [9.17, 15) is 14.9 Å². The zero-order chi connectivity index (χ0) is 15.8. The molecule has 23 heavy (non-hydrogen) atoms. The molecule has 0 spiro atoms. The summed E-state index contributed by atoms with van der Waals surface area (Å²) >= 11 is 0. The van der Waals surface area contributed by atoms with Crippen molar-refractivity contribution in [2.24, 2.45) is 0 Å². The molecule has 7 nitrogen and oxygen atoms in total. The number of anilines is 1. The molecule has 0 aliphatic carbocycles. The number of benzene rings is 1. The fraction of sp³-hybridized carbons (Fsp3) is 0.400. The minimum absolute atomic E-state index is 0. The fourth-order valence-electron chi connectivity index (χ4n) is 2.22. The van der Waals surface area contributed by atoms with Crippen LogP contribution in [0.15, 0.2) is 35.9 Å². The summed E-state index contributed by atoms with van der Waals surface area (Å²) in [6.45, 7) is 2.73. The van der Waals surface area contributed by atoms with Gasteiger partial charge in [0.25, 0.3) is 5.69 Å². The molecule has 1 heterocycles. The smallest absolute Gasteiger partial charge is 0.292 e. The lowest BCUT2D eigenvalue weighted by molar-refractivity contribution is -0.384. The van der Waals surface area contributed by atoms with Crippen LogP contribution in [0.3, 0.4) is 0 Å². The Morgan fingerprint density at radius 1 is 1.35 bits per heavy atom. The average Bonchev–Trinajstić information content (AvgIpc) is 2.54. The van der Waals surface area contributed by atoms with Crippen LogP contribution in [0.25, 0.3) is 0 Å². The van der Waals surface area contributed by atoms with Gasteiger partial charge in [0.15, 0.2) is 0 Å². The second-order valence-corrected chi connectivity index (χ2v) is 5.04. The molecule has 1 aromatic rings. The van der Waals surface area contributed by atoms with Crippen molar-refractivity contribution in [1.29, 1.82) is 0 Å². The van der Waals surface area contributed by atoms with Gasteiger partial charge in [-0.2, -0.15) is 0 Å². The van der Waals surface area contributed by atoms with Gasteiger partial charge in [0.2, 0.25) is 5.91 Å². The Hall–Kier alpha value is -2.12. The monoisotopic (exact) mass is 340 g/mol. The lowest BCUT2D eigenvalue weighted by Gasteiger charge is -2.14. The van der Waals surface area contributed by atoms with Crippen LogP contribution in [0, 0.1) is 10.1 Å². The van der Waals surface area contributed by atoms with E-state index in [1.807, 2.05) is 0 Å². The first kappa shape index (κ1) is 18.9. The Labute approximate surface area is 141 Å². The van der Waals surface area contributed by atoms with E-state index in [1.54, 1.807) is 18.2 Å². The standard InChI is InChI=1S/C15H20N4O3.ClH/c20-15(18-11-12-5-8-16-9-6-12)7-10-17-13-3-1-2-4-14(13)19(21)22;/h1-5,16-17H,6-11H2,(H,18,20);1H. The summed E-state index contributed by atoms with van der Waals surface area (Å²) in [5, 5.41) is 19.9. The molecular weight excluding hydrogens is 320 g/mol. The van der Waals surface area contributed by atoms with Crippen LogP contribution >= 0.6 is 12.4 Å². The normalized spacial score (nSPS) is 13.5. The first-order valence-corrected chi connectivity index (χ1v) is 7.29. The van der Waals surface area contributed by atoms with E-state index in [-0.39, 0.29) is 30.4 Å². The third-order valence-electron chi connectivity index (χ3n) is 3.44. The molecule has 0 fully saturated rings. The quantitative estimate of drug-likeness (QED) is 0.400. The number of carbonyl (C=O) groups is 1. The molecule has 0 unspecified atom stereocenters. The predicted molar refractivity (Wildman–Crippen MR) is 92.0 cm³/mol. The second kappa shape index (κ2) is 9.81. The topological polar surface area (TPSA) is 96.3 Å². The summed E-state index contributed by atoms with van der Waals surface area (Å²) in [6, 6.07) is 6.41. The maximum Gasteiger partial charge on any atom is 0.292 e. The Bertz CT molecular complexity index is 578. The van der Waals surface area contributed by atoms with Crippen molar-refractivity contribution in [3.63, 3.8) is 0 Å². The number of amides is 1. The van der Waals surface area contributed by atoms with E-state index in [0.29, 0.717) is 18.8 Å². The van der Waals surface area contributed by atoms with Gasteiger partial charge in [-0.05, 0) is 19.0 Å². The van der Waals surface area contributed by atoms with Crippen LogP contribution in [0.4, 0.5) is 11.4 Å². The van der Waals surface area contributed by atoms with Gasteiger partial charge in [0.1, 0.15) is 5.69 Å². The summed E-state index contributed by atoms with van der Waals surface area (Å²) in [7, 11) is 0. The number of nitrogens with zero attached hydrogens (tertiary/aromatic N) is 1. The highest BCUT2D eigenvalue weighted by atomic mass is 35.5. The van der Waals surface area contributed by atoms with E-state index >= 15 is 0 Å². The molecule has 0 saturated heterocycles. The molecule has 0 atom stereocenters. The number of hydrogen-bond acceptors (Lipinski definition) is 5. The molecule has 0 bridgehead atoms. The summed E-state index contributed by atoms with van der Waals surface area (Å²) < 4.78 is 0. The van der Waals surface area contributed by atoms with Crippen molar-refractivity contribution in [1.82, 2.24) is 10.6 Å². The van der Waals surface area contributed by atoms with Crippen LogP contribution in [0.1, 0.15) is 12.8 Å². The van der Waals surface area contributed by atoms with Crippen LogP contribution < -0.4 is 16.0 Å². The van der Waals surface area contributed by atoms with Crippen LogP contribution in [0.5, 0.6) is 0 Å². The highest BCUT2D eigenvalue weighted by molar-refractivity contribution is 5.85. The van der Waals surface area contributed by atoms with Crippen molar-refractivity contribution in [2.75, 3.05) is 31.5 Å². The number of para-hydroxylation sites is 2. The highest BCUT2D eigenvalue weighted by Crippen LogP contribution is 2.22. The van der Waals surface area contributed by atoms with Crippen molar-refractivity contribution in [3.05, 3.63) is 46.0 Å². The van der Waals surface area contributed by atoms with Gasteiger partial charge >= 0.3 is 0 Å². The second-order valence-electron chi connectivity index (χ2n) is 5.04. The Morgan fingerprint density at radius 2 is 2.13 bits per heavy atom. The molecule has 1 aromatic carbocycles. The number of halogens is 1. The number of nitro groups is 1. The molecule has 8 heteroatoms. The number of nitro benzene ring substituents is 1. The van der Waals surface area contributed by atoms with Crippen molar-refractivity contribution < 1.29 is 9.72 Å². The molecule has 0 saturated carbocycles. The maximum absolute atomic E-state index is 11.8. The molecule has 3 N–H and O–H groups in total. The largest absolute Gasteiger partial charge is 0.379 e. The SMILES string of the molecule is Cl.O=C(CCNc1ccccc1[N+](=O)[O-])NCC1=CCNCC1. The summed E-state index contributed by atoms with van der Waals surface area (Å²) in [4.78, 5) is 22.2. The third kappa shape index (κ3) is 6.25. The lowest BCUT2D eigenvalue weighted by atomic mass is 10.1. The summed E-state index contributed by atoms with van der Waals surface area (Å²) in [6.07, 6.45) is 3.32. The Morgan fingerprint density at radius 3 is 2.83 bits per heavy atom. The van der Waals surface area contributed by atoms with E-state index in [2.05, 4.69) is 22.0 Å². The van der Waals surface area contributed by atoms with E-state index < -0.39 is 4.92 Å². The van der Waals surface area contributed by atoms with Gasteiger partial charge in [-0.1, -0.05) is 23.8 Å². The van der Waals surface area contributed by atoms with Gasteiger partial charge < -0.3 is 16.0 Å². The molecule has 0 radical (unpaired) electrons. The Balaban J connectivity index is 0.00000264. The summed E-state index contributed by atoms with van der Waals surface area (Å²) in [5.41, 5.74) is 1.68. The number of nitrogens with one attached hydrogen (secondary N) is 3. The van der Waals surface area contributed by atoms with Crippen molar-refractivity contribution in [3.8, 4) is 0 Å². The van der Waals surface area contributed by atoms with Crippen molar-refractivity contribution >= 4 is 29.7 Å². The molecule has 1 aliphatic rings. The zero-order valence-corrected chi connectivity index (χ0v) is 13.5. The molecule has 126 valence electrons. The van der Waals surface area contributed by atoms with E-state index in [4.69, 9.17) is 0 Å². The average molecular weight is 341 g/mol. The van der Waals surface area contributed by atoms with E-state index in [0.717, 1.165) is 19.5 Å². The minimum Gasteiger partial charge on any atom is -0.379 e. The molecule has 1 aliphatic heterocycles. The predicted octanol–water partition coefficient (Wildman–Crippen LogP) is 1.85. The van der Waals surface area contributed by atoms with E-state index in [1.165, 1.54) is 11.6 Å². The number of rotatable bonds is 7. The molecular formula is C15H21ClN4O3. The highest BCUT2D eigenvalue weighted by Gasteiger charge is 2.12. The number of carbonyl (C=O) groups excluding carboxylic acids is 1. The molecule has 2 rings (SSSR count). The first-order chi connectivity index (χ1) is 10.7. The summed E-state index contributed by atoms with van der Waals surface area (Å²) in [5.74, 6) is -0.0643. The van der Waals surface area contributed by atoms with Gasteiger partial charge in [-0.25, -0.2) is 0 Å². The zero-order valence-electron chi connectivity index (χ0n) is 12.7. The minimum atomic E-state index is -0.439. The number of hydrogen-bond donors (Lipinski definition) is 3. The van der Waals surface area contributed by atoms with Crippen molar-refractivity contribution in [2.45, 2.75) is 12.8 Å². The molecule has 1 amide bonds. The van der Waals surface area contributed by atoms with Crippen LogP contribution in [-0.2, 0) is 4.79 Å². The fourth-order valence-corrected chi connectivity index (χ4v) is 2.22. The van der Waals surface area contributed by atoms with Gasteiger partial charge in [0, 0.05) is 32.1 Å². The maximum atomic E-state index is 11.8. The van der Waals surface area contributed by atoms with Crippen LogP contribution in [-0.4, -0.2) is 37.0 Å². The van der Waals surface area contributed by atoms with Gasteiger partial charge in [0.05, 0.1) is 4.92 Å². The molecule has 0 aromatic heterocycles. The van der Waals surface area contributed by atoms with Gasteiger partial charge in [-0.3, -0.25) is 14.9 Å². The van der Waals surface area contributed by atoms with Gasteiger partial charge in [-0.15, -0.1) is 12.4 Å². The third-order valence-corrected chi connectivity index (χ3v) is 3.44. The first-order valence-electron chi connectivity index (χ1n) is 7.29.